The summed E-state index contributed by atoms with van der Waals surface area (Å²) in [5.74, 6) is -0.706. The molecule has 0 radical (unpaired) electrons. The van der Waals surface area contributed by atoms with Crippen molar-refractivity contribution in [3.05, 3.63) is 24.0 Å². The van der Waals surface area contributed by atoms with Gasteiger partial charge in [-0.1, -0.05) is 0 Å². The van der Waals surface area contributed by atoms with Crippen molar-refractivity contribution in [2.24, 2.45) is 0 Å². The van der Waals surface area contributed by atoms with E-state index in [1.807, 2.05) is 0 Å². The van der Waals surface area contributed by atoms with Crippen LogP contribution >= 0.6 is 21.7 Å². The van der Waals surface area contributed by atoms with Crippen molar-refractivity contribution in [1.29, 1.82) is 0 Å². The van der Waals surface area contributed by atoms with Crippen molar-refractivity contribution in [1.82, 2.24) is 0 Å². The second kappa shape index (κ2) is 9.73. The smallest absolute Gasteiger partial charge is 0.414 e. The van der Waals surface area contributed by atoms with Crippen LogP contribution in [0.1, 0.15) is 20.8 Å². The first-order valence-electron chi connectivity index (χ1n) is 8.58. The third-order valence-corrected chi connectivity index (χ3v) is 4.57. The molecule has 156 valence electrons. The van der Waals surface area contributed by atoms with Crippen LogP contribution in [0.2, 0.25) is 0 Å². The fourth-order valence-electron chi connectivity index (χ4n) is 2.58. The lowest BCUT2D eigenvalue weighted by Crippen LogP contribution is -2.39. The van der Waals surface area contributed by atoms with Gasteiger partial charge in [0.25, 0.3) is 0 Å². The van der Waals surface area contributed by atoms with Crippen LogP contribution in [0.3, 0.4) is 0 Å². The molecule has 1 fully saturated rings. The Morgan fingerprint density at radius 3 is 2.79 bits per heavy atom. The molecule has 1 N–H and O–H groups in total. The van der Waals surface area contributed by atoms with E-state index in [1.54, 1.807) is 20.8 Å². The number of anilines is 2. The molecule has 1 aliphatic rings. The van der Waals surface area contributed by atoms with Crippen LogP contribution in [0, 0.1) is 5.82 Å². The number of amides is 2. The van der Waals surface area contributed by atoms with E-state index in [0.717, 1.165) is 11.0 Å². The van der Waals surface area contributed by atoms with E-state index in [9.17, 15) is 14.0 Å². The van der Waals surface area contributed by atoms with Gasteiger partial charge in [-0.25, -0.2) is 14.0 Å². The second-order valence-electron chi connectivity index (χ2n) is 7.08. The minimum absolute atomic E-state index is 0.00987. The maximum Gasteiger partial charge on any atom is 0.414 e. The van der Waals surface area contributed by atoms with Gasteiger partial charge in [-0.2, -0.15) is 0 Å². The summed E-state index contributed by atoms with van der Waals surface area (Å²) in [6.45, 7) is 5.43. The van der Waals surface area contributed by atoms with Gasteiger partial charge in [0.1, 0.15) is 17.5 Å². The van der Waals surface area contributed by atoms with Gasteiger partial charge in [0.2, 0.25) is 0 Å². The molecule has 1 aliphatic heterocycles. The van der Waals surface area contributed by atoms with Gasteiger partial charge in [0, 0.05) is 15.0 Å². The molecular weight excluding hydrogens is 410 g/mol. The maximum absolute atomic E-state index is 14.8. The summed E-state index contributed by atoms with van der Waals surface area (Å²) in [5.41, 5.74) is -0.469. The molecule has 1 aromatic carbocycles. The highest BCUT2D eigenvalue weighted by molar-refractivity contribution is 7.75. The lowest BCUT2D eigenvalue weighted by molar-refractivity contribution is 0.0575. The van der Waals surface area contributed by atoms with Gasteiger partial charge in [-0.3, -0.25) is 9.80 Å². The molecule has 0 bridgehead atoms. The second-order valence-corrected chi connectivity index (χ2v) is 8.06. The monoisotopic (exact) mass is 434 g/mol. The van der Waals surface area contributed by atoms with E-state index in [1.165, 1.54) is 17.0 Å². The number of benzene rings is 1. The Hall–Kier alpha value is -1.61. The number of rotatable bonds is 7. The molecule has 1 heterocycles. The van der Waals surface area contributed by atoms with Crippen molar-refractivity contribution in [2.45, 2.75) is 32.5 Å². The molecule has 1 unspecified atom stereocenters. The van der Waals surface area contributed by atoms with Crippen molar-refractivity contribution < 1.29 is 32.5 Å². The molecule has 11 heteroatoms. The molecule has 0 spiro atoms. The van der Waals surface area contributed by atoms with E-state index in [2.05, 4.69) is 12.9 Å². The Labute approximate surface area is 170 Å². The summed E-state index contributed by atoms with van der Waals surface area (Å²) in [7, 11) is -0.341. The average molecular weight is 434 g/mol. The summed E-state index contributed by atoms with van der Waals surface area (Å²) in [6, 6.07) is 4.06. The Balaban J connectivity index is 2.24. The number of carbonyl (C=O) groups is 2. The topological polar surface area (TPSA) is 88.5 Å². The number of nitrogens with zero attached hydrogens (tertiary/aromatic N) is 2. The van der Waals surface area contributed by atoms with Gasteiger partial charge < -0.3 is 18.6 Å². The molecule has 28 heavy (non-hydrogen) atoms. The van der Waals surface area contributed by atoms with Gasteiger partial charge >= 0.3 is 12.2 Å². The van der Waals surface area contributed by atoms with Crippen LogP contribution in [0.15, 0.2) is 18.2 Å². The van der Waals surface area contributed by atoms with Crippen LogP contribution in [0.5, 0.6) is 0 Å². The Morgan fingerprint density at radius 1 is 1.50 bits per heavy atom. The number of ether oxygens (including phenoxy) is 2. The van der Waals surface area contributed by atoms with E-state index in [4.69, 9.17) is 18.6 Å². The lowest BCUT2D eigenvalue weighted by Gasteiger charge is -2.27. The number of halogens is 1. The number of thiol groups is 1. The molecule has 2 atom stereocenters. The highest BCUT2D eigenvalue weighted by Crippen LogP contribution is 2.29. The fraction of sp³-hybridized carbons (Fsp3) is 0.529. The molecular formula is C17H24FN2O6PS. The zero-order valence-corrected chi connectivity index (χ0v) is 17.7. The van der Waals surface area contributed by atoms with Crippen molar-refractivity contribution in [3.8, 4) is 0 Å². The third-order valence-electron chi connectivity index (χ3n) is 3.75. The summed E-state index contributed by atoms with van der Waals surface area (Å²) >= 11 is 3.65. The predicted molar refractivity (Wildman–Crippen MR) is 108 cm³/mol. The van der Waals surface area contributed by atoms with Crippen LogP contribution in [-0.4, -0.2) is 54.6 Å². The van der Waals surface area contributed by atoms with Crippen molar-refractivity contribution >= 4 is 45.3 Å². The molecule has 0 saturated carbocycles. The number of cyclic esters (lactones) is 1. The minimum atomic E-state index is -0.755. The molecule has 2 rings (SSSR count). The molecule has 1 aromatic rings. The van der Waals surface area contributed by atoms with Gasteiger partial charge in [0.15, 0.2) is 0 Å². The molecule has 0 aromatic heterocycles. The fourth-order valence-corrected chi connectivity index (χ4v) is 3.08. The van der Waals surface area contributed by atoms with Crippen LogP contribution in [-0.2, 0) is 13.7 Å². The zero-order chi connectivity index (χ0) is 20.9. The Morgan fingerprint density at radius 2 is 2.21 bits per heavy atom. The predicted octanol–water partition coefficient (Wildman–Crippen LogP) is 3.34. The number of hydrogen-bond acceptors (Lipinski definition) is 7. The summed E-state index contributed by atoms with van der Waals surface area (Å²) in [4.78, 5) is 35.9. The average Bonchev–Trinajstić information content (AvgIpc) is 2.95. The SMILES string of the molecule is CC(C)(C)OC(=O)N(CCOS)c1ccc(N2C[C@H](CPO)OC2=O)cc1F. The number of hydrogen-bond donors (Lipinski definition) is 2. The standard InChI is InChI=1S/C17H24FN2O6PS/c1-17(2,3)26-16(22)19(6-7-24-28)14-5-4-11(8-13(14)18)20-9-12(10-27-23)25-15(20)21/h4-5,8,12,23,27-28H,6-7,9-10H2,1-3H3/t12-/m1/s1. The summed E-state index contributed by atoms with van der Waals surface area (Å²) in [6.07, 6.45) is -1.44. The quantitative estimate of drug-likeness (QED) is 0.389. The summed E-state index contributed by atoms with van der Waals surface area (Å²) < 4.78 is 30.0. The minimum Gasteiger partial charge on any atom is -0.443 e. The van der Waals surface area contributed by atoms with Crippen LogP contribution in [0.4, 0.5) is 25.4 Å². The first kappa shape index (κ1) is 22.7. The van der Waals surface area contributed by atoms with Crippen LogP contribution < -0.4 is 9.80 Å². The highest BCUT2D eigenvalue weighted by atomic mass is 32.1. The van der Waals surface area contributed by atoms with Crippen molar-refractivity contribution in [2.75, 3.05) is 35.7 Å². The van der Waals surface area contributed by atoms with E-state index in [0.29, 0.717) is 11.8 Å². The Kier molecular flexibility index (Phi) is 7.88. The van der Waals surface area contributed by atoms with Crippen molar-refractivity contribution in [3.63, 3.8) is 0 Å². The first-order chi connectivity index (χ1) is 13.2. The molecule has 1 saturated heterocycles. The van der Waals surface area contributed by atoms with Gasteiger partial charge in [0.05, 0.1) is 31.1 Å². The first-order valence-corrected chi connectivity index (χ1v) is 10.1. The summed E-state index contributed by atoms with van der Waals surface area (Å²) in [5, 5.41) is 0. The Bertz CT molecular complexity index is 717. The molecule has 8 nitrogen and oxygen atoms in total. The van der Waals surface area contributed by atoms with E-state index >= 15 is 0 Å². The molecule has 2 amide bonds. The third kappa shape index (κ3) is 5.94. The highest BCUT2D eigenvalue weighted by Gasteiger charge is 2.33. The lowest BCUT2D eigenvalue weighted by atomic mass is 10.2. The zero-order valence-electron chi connectivity index (χ0n) is 15.8. The number of carbonyl (C=O) groups excluding carboxylic acids is 2. The van der Waals surface area contributed by atoms with E-state index in [-0.39, 0.29) is 34.2 Å². The molecule has 0 aliphatic carbocycles. The normalized spacial score (nSPS) is 17.3. The van der Waals surface area contributed by atoms with Gasteiger partial charge in [-0.15, -0.1) is 0 Å². The van der Waals surface area contributed by atoms with E-state index < -0.39 is 29.7 Å². The maximum atomic E-state index is 14.8. The van der Waals surface area contributed by atoms with Gasteiger partial charge in [-0.05, 0) is 51.9 Å². The largest absolute Gasteiger partial charge is 0.443 e. The van der Waals surface area contributed by atoms with Crippen LogP contribution in [0.25, 0.3) is 0 Å².